The van der Waals surface area contributed by atoms with Crippen molar-refractivity contribution in [1.29, 1.82) is 0 Å². The molecule has 0 radical (unpaired) electrons. The zero-order valence-corrected chi connectivity index (χ0v) is 13.2. The number of urea groups is 1. The summed E-state index contributed by atoms with van der Waals surface area (Å²) in [6.07, 6.45) is 4.16. The number of nitrogens with zero attached hydrogens (tertiary/aromatic N) is 3. The monoisotopic (exact) mass is 311 g/mol. The highest BCUT2D eigenvalue weighted by atomic mass is 16.2. The first-order valence-electron chi connectivity index (χ1n) is 7.90. The van der Waals surface area contributed by atoms with Gasteiger partial charge in [-0.05, 0) is 37.5 Å². The molecule has 23 heavy (non-hydrogen) atoms. The van der Waals surface area contributed by atoms with Gasteiger partial charge < -0.3 is 15.5 Å². The molecule has 0 aliphatic carbocycles. The van der Waals surface area contributed by atoms with E-state index in [9.17, 15) is 4.79 Å². The molecule has 6 heteroatoms. The third kappa shape index (κ3) is 3.97. The summed E-state index contributed by atoms with van der Waals surface area (Å²) >= 11 is 0. The van der Waals surface area contributed by atoms with Gasteiger partial charge in [-0.1, -0.05) is 18.2 Å². The molecule has 2 heterocycles. The molecule has 2 aromatic rings. The SMILES string of the molecule is Cc1ccccc1NC(=O)NCc1nccc(N2CCCC2)n1. The standard InChI is InChI=1S/C17H21N5O/c1-13-6-2-3-7-14(13)20-17(23)19-12-15-18-9-8-16(21-15)22-10-4-5-11-22/h2-3,6-9H,4-5,10-12H2,1H3,(H2,19,20,23). The van der Waals surface area contributed by atoms with E-state index in [1.807, 2.05) is 37.3 Å². The molecule has 0 atom stereocenters. The number of amides is 2. The average Bonchev–Trinajstić information content (AvgIpc) is 3.10. The number of carbonyl (C=O) groups is 1. The fraction of sp³-hybridized carbons (Fsp3) is 0.353. The molecule has 2 N–H and O–H groups in total. The first-order valence-corrected chi connectivity index (χ1v) is 7.90. The topological polar surface area (TPSA) is 70.2 Å². The summed E-state index contributed by atoms with van der Waals surface area (Å²) in [5.74, 6) is 1.56. The smallest absolute Gasteiger partial charge is 0.319 e. The Bertz CT molecular complexity index is 682. The number of aromatic nitrogens is 2. The highest BCUT2D eigenvalue weighted by Crippen LogP contribution is 2.17. The predicted molar refractivity (Wildman–Crippen MR) is 90.5 cm³/mol. The number of rotatable bonds is 4. The largest absolute Gasteiger partial charge is 0.357 e. The molecule has 0 unspecified atom stereocenters. The minimum absolute atomic E-state index is 0.255. The van der Waals surface area contributed by atoms with E-state index in [-0.39, 0.29) is 6.03 Å². The second kappa shape index (κ2) is 7.09. The van der Waals surface area contributed by atoms with Crippen molar-refractivity contribution < 1.29 is 4.79 Å². The lowest BCUT2D eigenvalue weighted by Crippen LogP contribution is -2.29. The number of para-hydroxylation sites is 1. The lowest BCUT2D eigenvalue weighted by atomic mass is 10.2. The van der Waals surface area contributed by atoms with Gasteiger partial charge in [0.25, 0.3) is 0 Å². The van der Waals surface area contributed by atoms with E-state index in [1.54, 1.807) is 6.20 Å². The zero-order valence-electron chi connectivity index (χ0n) is 13.2. The van der Waals surface area contributed by atoms with Gasteiger partial charge >= 0.3 is 6.03 Å². The highest BCUT2D eigenvalue weighted by molar-refractivity contribution is 5.89. The number of hydrogen-bond donors (Lipinski definition) is 2. The van der Waals surface area contributed by atoms with Crippen molar-refractivity contribution in [3.8, 4) is 0 Å². The molecule has 1 fully saturated rings. The summed E-state index contributed by atoms with van der Waals surface area (Å²) < 4.78 is 0. The van der Waals surface area contributed by atoms with Gasteiger partial charge in [-0.3, -0.25) is 0 Å². The Morgan fingerprint density at radius 2 is 2.00 bits per heavy atom. The van der Waals surface area contributed by atoms with Crippen LogP contribution in [-0.2, 0) is 6.54 Å². The van der Waals surface area contributed by atoms with E-state index in [2.05, 4.69) is 25.5 Å². The molecule has 0 bridgehead atoms. The summed E-state index contributed by atoms with van der Waals surface area (Å²) in [5.41, 5.74) is 1.83. The molecule has 1 aliphatic rings. The number of hydrogen-bond acceptors (Lipinski definition) is 4. The van der Waals surface area contributed by atoms with Crippen LogP contribution in [0.2, 0.25) is 0 Å². The van der Waals surface area contributed by atoms with Crippen molar-refractivity contribution in [1.82, 2.24) is 15.3 Å². The van der Waals surface area contributed by atoms with E-state index < -0.39 is 0 Å². The highest BCUT2D eigenvalue weighted by Gasteiger charge is 2.14. The van der Waals surface area contributed by atoms with Crippen LogP contribution in [0.5, 0.6) is 0 Å². The fourth-order valence-corrected chi connectivity index (χ4v) is 2.63. The van der Waals surface area contributed by atoms with Crippen molar-refractivity contribution in [2.24, 2.45) is 0 Å². The maximum Gasteiger partial charge on any atom is 0.319 e. The van der Waals surface area contributed by atoms with Crippen LogP contribution in [-0.4, -0.2) is 29.1 Å². The van der Waals surface area contributed by atoms with Gasteiger partial charge in [-0.15, -0.1) is 0 Å². The van der Waals surface area contributed by atoms with Crippen molar-refractivity contribution >= 4 is 17.5 Å². The molecule has 1 aliphatic heterocycles. The van der Waals surface area contributed by atoms with Crippen LogP contribution in [0.25, 0.3) is 0 Å². The molecule has 120 valence electrons. The Kier molecular flexibility index (Phi) is 4.71. The lowest BCUT2D eigenvalue weighted by molar-refractivity contribution is 0.251. The van der Waals surface area contributed by atoms with Crippen molar-refractivity contribution in [3.05, 3.63) is 47.9 Å². The summed E-state index contributed by atoms with van der Waals surface area (Å²) in [4.78, 5) is 23.0. The Morgan fingerprint density at radius 1 is 1.22 bits per heavy atom. The normalized spacial score (nSPS) is 13.9. The van der Waals surface area contributed by atoms with Crippen LogP contribution >= 0.6 is 0 Å². The van der Waals surface area contributed by atoms with Gasteiger partial charge in [-0.2, -0.15) is 0 Å². The first kappa shape index (κ1) is 15.3. The number of carbonyl (C=O) groups excluding carboxylic acids is 1. The Balaban J connectivity index is 1.56. The van der Waals surface area contributed by atoms with E-state index in [0.29, 0.717) is 12.4 Å². The van der Waals surface area contributed by atoms with Crippen LogP contribution in [0.3, 0.4) is 0 Å². The van der Waals surface area contributed by atoms with E-state index in [0.717, 1.165) is 30.2 Å². The van der Waals surface area contributed by atoms with Gasteiger partial charge in [0, 0.05) is 25.0 Å². The Hall–Kier alpha value is -2.63. The van der Waals surface area contributed by atoms with Gasteiger partial charge in [0.15, 0.2) is 0 Å². The van der Waals surface area contributed by atoms with Crippen LogP contribution in [0, 0.1) is 6.92 Å². The van der Waals surface area contributed by atoms with Gasteiger partial charge in [0.2, 0.25) is 0 Å². The molecule has 1 aromatic carbocycles. The third-order valence-corrected chi connectivity index (χ3v) is 3.92. The molecule has 0 saturated carbocycles. The van der Waals surface area contributed by atoms with Crippen molar-refractivity contribution in [3.63, 3.8) is 0 Å². The summed E-state index contributed by atoms with van der Waals surface area (Å²) in [6.45, 7) is 4.34. The third-order valence-electron chi connectivity index (χ3n) is 3.92. The average molecular weight is 311 g/mol. The second-order valence-corrected chi connectivity index (χ2v) is 5.65. The molecule has 2 amide bonds. The van der Waals surface area contributed by atoms with Gasteiger partial charge in [-0.25, -0.2) is 14.8 Å². The number of benzene rings is 1. The summed E-state index contributed by atoms with van der Waals surface area (Å²) in [7, 11) is 0. The summed E-state index contributed by atoms with van der Waals surface area (Å²) in [5, 5.41) is 5.63. The molecular weight excluding hydrogens is 290 g/mol. The molecule has 1 aromatic heterocycles. The molecule has 1 saturated heterocycles. The maximum absolute atomic E-state index is 12.0. The minimum Gasteiger partial charge on any atom is -0.357 e. The van der Waals surface area contributed by atoms with E-state index in [1.165, 1.54) is 12.8 Å². The van der Waals surface area contributed by atoms with E-state index in [4.69, 9.17) is 0 Å². The molecule has 0 spiro atoms. The van der Waals surface area contributed by atoms with Crippen LogP contribution < -0.4 is 15.5 Å². The number of nitrogens with one attached hydrogen (secondary N) is 2. The first-order chi connectivity index (χ1) is 11.2. The van der Waals surface area contributed by atoms with Gasteiger partial charge in [0.1, 0.15) is 11.6 Å². The fourth-order valence-electron chi connectivity index (χ4n) is 2.63. The van der Waals surface area contributed by atoms with Gasteiger partial charge in [0.05, 0.1) is 6.54 Å². The lowest BCUT2D eigenvalue weighted by Gasteiger charge is -2.16. The number of anilines is 2. The number of aryl methyl sites for hydroxylation is 1. The molecular formula is C17H21N5O. The van der Waals surface area contributed by atoms with Crippen LogP contribution in [0.15, 0.2) is 36.5 Å². The maximum atomic E-state index is 12.0. The van der Waals surface area contributed by atoms with E-state index >= 15 is 0 Å². The van der Waals surface area contributed by atoms with Crippen LogP contribution in [0.4, 0.5) is 16.3 Å². The Labute approximate surface area is 135 Å². The minimum atomic E-state index is -0.255. The van der Waals surface area contributed by atoms with Crippen molar-refractivity contribution in [2.75, 3.05) is 23.3 Å². The van der Waals surface area contributed by atoms with Crippen LogP contribution in [0.1, 0.15) is 24.2 Å². The predicted octanol–water partition coefficient (Wildman–Crippen LogP) is 2.71. The van der Waals surface area contributed by atoms with Crippen molar-refractivity contribution in [2.45, 2.75) is 26.3 Å². The summed E-state index contributed by atoms with van der Waals surface area (Å²) in [6, 6.07) is 9.33. The second-order valence-electron chi connectivity index (χ2n) is 5.65. The molecule has 3 rings (SSSR count). The quantitative estimate of drug-likeness (QED) is 0.911. The zero-order chi connectivity index (χ0) is 16.1. The molecule has 6 nitrogen and oxygen atoms in total. The Morgan fingerprint density at radius 3 is 2.78 bits per heavy atom.